The van der Waals surface area contributed by atoms with Gasteiger partial charge in [-0.25, -0.2) is 9.78 Å². The number of aromatic nitrogens is 2. The summed E-state index contributed by atoms with van der Waals surface area (Å²) >= 11 is 10.6. The molecule has 7 nitrogen and oxygen atoms in total. The Balaban J connectivity index is 1.45. The van der Waals surface area contributed by atoms with Crippen molar-refractivity contribution in [3.63, 3.8) is 0 Å². The van der Waals surface area contributed by atoms with Crippen LogP contribution in [0.1, 0.15) is 65.3 Å². The van der Waals surface area contributed by atoms with Gasteiger partial charge in [-0.3, -0.25) is 4.79 Å². The number of hydrogen-bond donors (Lipinski definition) is 1. The predicted molar refractivity (Wildman–Crippen MR) is 162 cm³/mol. The fourth-order valence-corrected chi connectivity index (χ4v) is 6.58. The van der Waals surface area contributed by atoms with E-state index in [2.05, 4.69) is 52.9 Å². The molecule has 3 aromatic carbocycles. The number of carboxylic acid groups (broad SMARTS) is 1. The number of halogens is 3. The van der Waals surface area contributed by atoms with Crippen molar-refractivity contribution in [2.45, 2.75) is 44.6 Å². The second kappa shape index (κ2) is 12.1. The third-order valence-corrected chi connectivity index (χ3v) is 8.38. The number of ether oxygens (including phenoxy) is 1. The highest BCUT2D eigenvalue weighted by Gasteiger charge is 2.22. The Kier molecular flexibility index (Phi) is 8.64. The molecule has 1 N–H and O–H groups in total. The summed E-state index contributed by atoms with van der Waals surface area (Å²) in [7, 11) is 0. The highest BCUT2D eigenvalue weighted by Crippen LogP contribution is 2.35. The maximum atomic E-state index is 13.6. The average molecular weight is 718 g/mol. The van der Waals surface area contributed by atoms with Crippen molar-refractivity contribution in [2.24, 2.45) is 5.10 Å². The van der Waals surface area contributed by atoms with E-state index in [1.807, 2.05) is 30.3 Å². The first-order valence-corrected chi connectivity index (χ1v) is 14.9. The normalized spacial score (nSPS) is 14.2. The van der Waals surface area contributed by atoms with Gasteiger partial charge in [0, 0.05) is 10.4 Å². The largest absolute Gasteiger partial charge is 0.487 e. The van der Waals surface area contributed by atoms with Crippen LogP contribution in [0.25, 0.3) is 10.9 Å². The minimum absolute atomic E-state index is 0.186. The zero-order valence-electron chi connectivity index (χ0n) is 20.7. The Labute approximate surface area is 250 Å². The van der Waals surface area contributed by atoms with Gasteiger partial charge in [-0.15, -0.1) is 0 Å². The third-order valence-electron chi connectivity index (χ3n) is 6.70. The summed E-state index contributed by atoms with van der Waals surface area (Å²) in [5, 5.41) is 14.4. The first kappa shape index (κ1) is 27.7. The van der Waals surface area contributed by atoms with Gasteiger partial charge in [-0.05, 0) is 98.3 Å². The number of hydrogen-bond acceptors (Lipinski definition) is 5. The molecule has 0 radical (unpaired) electrons. The number of nitrogens with zero attached hydrogens (tertiary/aromatic N) is 3. The van der Waals surface area contributed by atoms with Gasteiger partial charge in [0.2, 0.25) is 0 Å². The lowest BCUT2D eigenvalue weighted by molar-refractivity contribution is 0.0696. The fourth-order valence-electron chi connectivity index (χ4n) is 4.77. The summed E-state index contributed by atoms with van der Waals surface area (Å²) in [4.78, 5) is 29.7. The maximum Gasteiger partial charge on any atom is 0.335 e. The second-order valence-corrected chi connectivity index (χ2v) is 12.1. The van der Waals surface area contributed by atoms with Crippen LogP contribution in [-0.2, 0) is 6.61 Å². The van der Waals surface area contributed by atoms with Crippen molar-refractivity contribution in [1.82, 2.24) is 9.66 Å². The summed E-state index contributed by atoms with van der Waals surface area (Å²) in [5.41, 5.74) is 2.18. The minimum atomic E-state index is -0.983. The summed E-state index contributed by atoms with van der Waals surface area (Å²) in [6, 6.07) is 15.9. The highest BCUT2D eigenvalue weighted by atomic mass is 79.9. The molecule has 0 amide bonds. The van der Waals surface area contributed by atoms with E-state index in [1.54, 1.807) is 30.5 Å². The van der Waals surface area contributed by atoms with Crippen LogP contribution in [0.2, 0.25) is 0 Å². The molecule has 39 heavy (non-hydrogen) atoms. The second-order valence-electron chi connectivity index (χ2n) is 9.44. The summed E-state index contributed by atoms with van der Waals surface area (Å²) in [6.07, 6.45) is 7.06. The molecule has 5 rings (SSSR count). The van der Waals surface area contributed by atoms with Crippen molar-refractivity contribution in [1.29, 1.82) is 0 Å². The van der Waals surface area contributed by atoms with Gasteiger partial charge in [0.15, 0.2) is 0 Å². The number of fused-ring (bicyclic) bond motifs is 1. The Hall–Kier alpha value is -2.82. The monoisotopic (exact) mass is 715 g/mol. The van der Waals surface area contributed by atoms with Crippen LogP contribution in [0.3, 0.4) is 0 Å². The molecular weight excluding hydrogens is 694 g/mol. The van der Waals surface area contributed by atoms with E-state index in [0.29, 0.717) is 31.4 Å². The zero-order chi connectivity index (χ0) is 27.5. The van der Waals surface area contributed by atoms with E-state index in [4.69, 9.17) is 9.72 Å². The van der Waals surface area contributed by atoms with E-state index >= 15 is 0 Å². The molecule has 1 heterocycles. The average Bonchev–Trinajstić information content (AvgIpc) is 2.93. The Morgan fingerprint density at radius 2 is 1.79 bits per heavy atom. The standard InChI is InChI=1S/C29H24Br3N3O4/c30-21-9-10-25-22(14-21)28(36)35(27(34-25)19-6-2-1-3-7-19)33-15-18-12-23(31)26(24(32)13-18)39-16-17-5-4-8-20(11-17)29(37)38/h4-5,8-15,19H,1-3,6-7,16H2,(H,37,38). The summed E-state index contributed by atoms with van der Waals surface area (Å²) in [6.45, 7) is 0.199. The van der Waals surface area contributed by atoms with E-state index in [1.165, 1.54) is 11.1 Å². The van der Waals surface area contributed by atoms with Gasteiger partial charge in [-0.2, -0.15) is 9.78 Å². The molecule has 1 aliphatic carbocycles. The van der Waals surface area contributed by atoms with Crippen molar-refractivity contribution in [3.05, 3.63) is 101 Å². The Bertz CT molecular complexity index is 1620. The molecule has 0 aliphatic heterocycles. The SMILES string of the molecule is O=C(O)c1cccc(COc2c(Br)cc(C=Nn3c(C4CCCCC4)nc4ccc(Br)cc4c3=O)cc2Br)c1. The van der Waals surface area contributed by atoms with Crippen LogP contribution in [-0.4, -0.2) is 27.0 Å². The smallest absolute Gasteiger partial charge is 0.335 e. The molecule has 1 aliphatic rings. The molecule has 0 atom stereocenters. The highest BCUT2D eigenvalue weighted by molar-refractivity contribution is 9.11. The number of aromatic carboxylic acids is 1. The van der Waals surface area contributed by atoms with E-state index in [0.717, 1.165) is 41.3 Å². The predicted octanol–water partition coefficient (Wildman–Crippen LogP) is 7.89. The molecule has 1 aromatic heterocycles. The zero-order valence-corrected chi connectivity index (χ0v) is 25.5. The first-order valence-electron chi connectivity index (χ1n) is 12.5. The van der Waals surface area contributed by atoms with Crippen molar-refractivity contribution >= 4 is 70.9 Å². The lowest BCUT2D eigenvalue weighted by Crippen LogP contribution is -2.25. The van der Waals surface area contributed by atoms with Crippen LogP contribution in [0.5, 0.6) is 5.75 Å². The van der Waals surface area contributed by atoms with Gasteiger partial charge < -0.3 is 9.84 Å². The molecular formula is C29H24Br3N3O4. The third kappa shape index (κ3) is 6.34. The van der Waals surface area contributed by atoms with E-state index in [9.17, 15) is 14.7 Å². The van der Waals surface area contributed by atoms with Crippen molar-refractivity contribution < 1.29 is 14.6 Å². The summed E-state index contributed by atoms with van der Waals surface area (Å²) in [5.74, 6) is 0.478. The molecule has 0 saturated heterocycles. The molecule has 4 aromatic rings. The number of benzene rings is 3. The van der Waals surface area contributed by atoms with Gasteiger partial charge >= 0.3 is 5.97 Å². The molecule has 200 valence electrons. The maximum absolute atomic E-state index is 13.6. The molecule has 1 fully saturated rings. The molecule has 0 spiro atoms. The van der Waals surface area contributed by atoms with Crippen molar-refractivity contribution in [2.75, 3.05) is 0 Å². The van der Waals surface area contributed by atoms with Crippen LogP contribution < -0.4 is 10.3 Å². The van der Waals surface area contributed by atoms with E-state index in [-0.39, 0.29) is 23.6 Å². The number of rotatable bonds is 7. The van der Waals surface area contributed by atoms with Crippen molar-refractivity contribution in [3.8, 4) is 5.75 Å². The van der Waals surface area contributed by atoms with Gasteiger partial charge in [0.05, 0.1) is 31.6 Å². The lowest BCUT2D eigenvalue weighted by Gasteiger charge is -2.22. The number of carbonyl (C=O) groups is 1. The first-order chi connectivity index (χ1) is 18.8. The van der Waals surface area contributed by atoms with E-state index < -0.39 is 5.97 Å². The number of carboxylic acids is 1. The Morgan fingerprint density at radius 3 is 2.51 bits per heavy atom. The van der Waals surface area contributed by atoms with Crippen LogP contribution in [0.15, 0.2) is 77.9 Å². The molecule has 0 bridgehead atoms. The van der Waals surface area contributed by atoms with Gasteiger partial charge in [-0.1, -0.05) is 47.3 Å². The van der Waals surface area contributed by atoms with Crippen LogP contribution in [0.4, 0.5) is 0 Å². The summed E-state index contributed by atoms with van der Waals surface area (Å²) < 4.78 is 9.62. The topological polar surface area (TPSA) is 93.8 Å². The van der Waals surface area contributed by atoms with Gasteiger partial charge in [0.1, 0.15) is 18.2 Å². The fraction of sp³-hybridized carbons (Fsp3) is 0.241. The molecule has 0 unspecified atom stereocenters. The van der Waals surface area contributed by atoms with Crippen LogP contribution >= 0.6 is 47.8 Å². The lowest BCUT2D eigenvalue weighted by atomic mass is 9.88. The minimum Gasteiger partial charge on any atom is -0.487 e. The quantitative estimate of drug-likeness (QED) is 0.196. The molecule has 1 saturated carbocycles. The van der Waals surface area contributed by atoms with Crippen LogP contribution in [0, 0.1) is 0 Å². The molecule has 10 heteroatoms. The van der Waals surface area contributed by atoms with Gasteiger partial charge in [0.25, 0.3) is 5.56 Å². The Morgan fingerprint density at radius 1 is 1.05 bits per heavy atom.